The van der Waals surface area contributed by atoms with Crippen molar-refractivity contribution < 1.29 is 14.6 Å². The number of nitrogens with zero attached hydrogens (tertiary/aromatic N) is 3. The van der Waals surface area contributed by atoms with E-state index in [9.17, 15) is 9.90 Å². The molecule has 0 aromatic heterocycles. The Morgan fingerprint density at radius 2 is 1.95 bits per heavy atom. The predicted octanol–water partition coefficient (Wildman–Crippen LogP) is 3.66. The molecule has 9 nitrogen and oxygen atoms in total. The minimum Gasteiger partial charge on any atom is -0.391 e. The van der Waals surface area contributed by atoms with Gasteiger partial charge in [-0.05, 0) is 75.5 Å². The summed E-state index contributed by atoms with van der Waals surface area (Å²) in [4.78, 5) is 17.6. The number of aliphatic hydroxyl groups is 1. The maximum atomic E-state index is 12.7. The molecule has 2 aliphatic carbocycles. The molecule has 5 rings (SSSR count). The highest BCUT2D eigenvalue weighted by atomic mass is 16.5. The Morgan fingerprint density at radius 1 is 1.18 bits per heavy atom. The van der Waals surface area contributed by atoms with E-state index in [0.717, 1.165) is 93.6 Å². The highest BCUT2D eigenvalue weighted by molar-refractivity contribution is 5.97. The van der Waals surface area contributed by atoms with Gasteiger partial charge in [0.1, 0.15) is 11.7 Å². The van der Waals surface area contributed by atoms with E-state index in [4.69, 9.17) is 9.73 Å². The molecule has 210 valence electrons. The van der Waals surface area contributed by atoms with Crippen molar-refractivity contribution in [3.8, 4) is 0 Å². The summed E-state index contributed by atoms with van der Waals surface area (Å²) in [5.41, 5.74) is 3.49. The number of amides is 1. The van der Waals surface area contributed by atoms with E-state index in [1.807, 2.05) is 38.1 Å². The number of aryl methyl sites for hydroxylation is 1. The maximum absolute atomic E-state index is 12.7. The lowest BCUT2D eigenvalue weighted by atomic mass is 9.92. The Bertz CT molecular complexity index is 1170. The van der Waals surface area contributed by atoms with E-state index in [0.29, 0.717) is 29.2 Å². The van der Waals surface area contributed by atoms with Crippen molar-refractivity contribution in [2.24, 2.45) is 16.0 Å². The van der Waals surface area contributed by atoms with Crippen molar-refractivity contribution in [3.63, 3.8) is 0 Å². The Balaban J connectivity index is 1.43. The van der Waals surface area contributed by atoms with E-state index in [-0.39, 0.29) is 11.9 Å². The average molecular weight is 535 g/mol. The zero-order valence-corrected chi connectivity index (χ0v) is 23.2. The van der Waals surface area contributed by atoms with E-state index in [1.165, 1.54) is 0 Å². The summed E-state index contributed by atoms with van der Waals surface area (Å²) < 4.78 is 5.53. The topological polar surface area (TPSA) is 111 Å². The molecular formula is C30H42N6O3. The molecule has 3 fully saturated rings. The van der Waals surface area contributed by atoms with Crippen LogP contribution in [0.3, 0.4) is 0 Å². The normalized spacial score (nSPS) is 25.4. The fourth-order valence-corrected chi connectivity index (χ4v) is 5.52. The van der Waals surface area contributed by atoms with Gasteiger partial charge in [0, 0.05) is 49.7 Å². The number of carbonyl (C=O) groups excluding carboxylic acids is 1. The van der Waals surface area contributed by atoms with Gasteiger partial charge in [-0.2, -0.15) is 10.1 Å². The van der Waals surface area contributed by atoms with Crippen molar-refractivity contribution >= 4 is 24.0 Å². The van der Waals surface area contributed by atoms with Gasteiger partial charge in [0.15, 0.2) is 5.82 Å². The number of hydrazone groups is 1. The number of benzene rings is 1. The summed E-state index contributed by atoms with van der Waals surface area (Å²) in [6.07, 6.45) is 9.57. The first kappa shape index (κ1) is 27.4. The molecule has 1 saturated heterocycles. The fraction of sp³-hybridized carbons (Fsp3) is 0.567. The monoisotopic (exact) mass is 534 g/mol. The second-order valence-corrected chi connectivity index (χ2v) is 11.2. The first-order chi connectivity index (χ1) is 18.9. The van der Waals surface area contributed by atoms with Crippen molar-refractivity contribution in [1.29, 1.82) is 0 Å². The average Bonchev–Trinajstić information content (AvgIpc) is 3.77. The maximum Gasteiger partial charge on any atom is 0.251 e. The molecule has 0 bridgehead atoms. The standard InChI is InChI=1S/C30H42N6O3/c1-19-16-22(8-11-24(19)30(38)33-23-9-10-23)20(2)29-35-27(34-25-6-4-5-7-26(25)37)17-28(36(29)31-3)32-18-21-12-14-39-15-13-21/h8,11,16-17,21,23,25-26,32,37H,3-7,9-10,12-15,18H2,1-2H3,(H,33,38)(H,34,35)/b29-20+/t25-,26-/m1/s1. The lowest BCUT2D eigenvalue weighted by molar-refractivity contribution is 0.0664. The fourth-order valence-electron chi connectivity index (χ4n) is 5.52. The predicted molar refractivity (Wildman–Crippen MR) is 154 cm³/mol. The second-order valence-electron chi connectivity index (χ2n) is 11.2. The minimum absolute atomic E-state index is 0.0167. The third kappa shape index (κ3) is 6.70. The number of carbonyl (C=O) groups is 1. The number of nitrogens with one attached hydrogen (secondary N) is 3. The van der Waals surface area contributed by atoms with Gasteiger partial charge in [-0.3, -0.25) is 4.79 Å². The molecule has 2 heterocycles. The number of hydrogen-bond donors (Lipinski definition) is 4. The molecule has 9 heteroatoms. The molecule has 0 spiro atoms. The lowest BCUT2D eigenvalue weighted by Crippen LogP contribution is -2.46. The van der Waals surface area contributed by atoms with Crippen LogP contribution in [0.25, 0.3) is 5.57 Å². The first-order valence-corrected chi connectivity index (χ1v) is 14.4. The van der Waals surface area contributed by atoms with Crippen molar-refractivity contribution in [2.45, 2.75) is 83.4 Å². The van der Waals surface area contributed by atoms with Crippen LogP contribution < -0.4 is 16.0 Å². The Hall–Kier alpha value is -3.17. The number of ether oxygens (including phenoxy) is 1. The quantitative estimate of drug-likeness (QED) is 0.379. The lowest BCUT2D eigenvalue weighted by Gasteiger charge is -2.33. The van der Waals surface area contributed by atoms with Crippen LogP contribution in [-0.4, -0.2) is 66.5 Å². The number of aliphatic imine (C=N–C) groups is 1. The molecule has 0 unspecified atom stereocenters. The summed E-state index contributed by atoms with van der Waals surface area (Å²) in [5, 5.41) is 26.9. The second kappa shape index (κ2) is 12.3. The van der Waals surface area contributed by atoms with Gasteiger partial charge in [-0.15, -0.1) is 0 Å². The van der Waals surface area contributed by atoms with Crippen LogP contribution in [0.5, 0.6) is 0 Å². The van der Waals surface area contributed by atoms with Gasteiger partial charge in [-0.1, -0.05) is 25.0 Å². The molecule has 2 aliphatic heterocycles. The molecular weight excluding hydrogens is 492 g/mol. The van der Waals surface area contributed by atoms with E-state index in [1.54, 1.807) is 5.01 Å². The summed E-state index contributed by atoms with van der Waals surface area (Å²) in [6.45, 7) is 10.2. The van der Waals surface area contributed by atoms with Crippen molar-refractivity contribution in [2.75, 3.05) is 19.8 Å². The van der Waals surface area contributed by atoms with Crippen molar-refractivity contribution in [3.05, 3.63) is 52.6 Å². The minimum atomic E-state index is -0.394. The Labute approximate surface area is 231 Å². The van der Waals surface area contributed by atoms with Crippen molar-refractivity contribution in [1.82, 2.24) is 21.0 Å². The van der Waals surface area contributed by atoms with Crippen LogP contribution in [-0.2, 0) is 4.74 Å². The third-order valence-corrected chi connectivity index (χ3v) is 8.20. The van der Waals surface area contributed by atoms with Gasteiger partial charge in [-0.25, -0.2) is 4.99 Å². The van der Waals surface area contributed by atoms with E-state index in [2.05, 4.69) is 27.8 Å². The van der Waals surface area contributed by atoms with E-state index >= 15 is 0 Å². The Kier molecular flexibility index (Phi) is 8.67. The van der Waals surface area contributed by atoms with Gasteiger partial charge in [0.25, 0.3) is 5.91 Å². The highest BCUT2D eigenvalue weighted by Gasteiger charge is 2.28. The largest absolute Gasteiger partial charge is 0.391 e. The van der Waals surface area contributed by atoms with Gasteiger partial charge < -0.3 is 25.8 Å². The van der Waals surface area contributed by atoms with Crippen LogP contribution in [0.4, 0.5) is 0 Å². The number of rotatable bonds is 8. The summed E-state index contributed by atoms with van der Waals surface area (Å²) in [7, 11) is 0. The van der Waals surface area contributed by atoms with Crippen LogP contribution in [0.2, 0.25) is 0 Å². The molecule has 2 atom stereocenters. The highest BCUT2D eigenvalue weighted by Crippen LogP contribution is 2.30. The molecule has 4 N–H and O–H groups in total. The molecule has 4 aliphatic rings. The number of hydrogen-bond acceptors (Lipinski definition) is 8. The molecule has 1 aromatic rings. The molecule has 39 heavy (non-hydrogen) atoms. The summed E-state index contributed by atoms with van der Waals surface area (Å²) in [5.74, 6) is 2.65. The SMILES string of the molecule is C=NN1C(NCC2CCOCC2)=CC(N[C@@H]2CCCC[C@H]2O)=N/C1=C(/C)c1ccc(C(=O)NC2CC2)c(C)c1. The smallest absolute Gasteiger partial charge is 0.251 e. The van der Waals surface area contributed by atoms with Crippen LogP contribution in [0.15, 0.2) is 46.0 Å². The molecule has 1 aromatic carbocycles. The summed E-state index contributed by atoms with van der Waals surface area (Å²) >= 11 is 0. The zero-order chi connectivity index (χ0) is 27.4. The van der Waals surface area contributed by atoms with Crippen LogP contribution >= 0.6 is 0 Å². The molecule has 1 amide bonds. The number of allylic oxidation sites excluding steroid dienone is 1. The van der Waals surface area contributed by atoms with Crippen LogP contribution in [0, 0.1) is 12.8 Å². The van der Waals surface area contributed by atoms with E-state index < -0.39 is 6.10 Å². The van der Waals surface area contributed by atoms with Gasteiger partial charge >= 0.3 is 0 Å². The summed E-state index contributed by atoms with van der Waals surface area (Å²) in [6, 6.07) is 6.17. The Morgan fingerprint density at radius 3 is 2.64 bits per heavy atom. The van der Waals surface area contributed by atoms with Gasteiger partial charge in [0.2, 0.25) is 0 Å². The zero-order valence-electron chi connectivity index (χ0n) is 23.2. The molecule has 0 radical (unpaired) electrons. The number of aliphatic hydroxyl groups excluding tert-OH is 1. The first-order valence-electron chi connectivity index (χ1n) is 14.4. The van der Waals surface area contributed by atoms with Gasteiger partial charge in [0.05, 0.1) is 12.1 Å². The third-order valence-electron chi connectivity index (χ3n) is 8.20. The molecule has 2 saturated carbocycles. The van der Waals surface area contributed by atoms with Crippen LogP contribution in [0.1, 0.15) is 79.8 Å². The number of amidine groups is 1.